The van der Waals surface area contributed by atoms with E-state index >= 15 is 0 Å². The van der Waals surface area contributed by atoms with E-state index in [1.807, 2.05) is 24.3 Å². The summed E-state index contributed by atoms with van der Waals surface area (Å²) < 4.78 is 0. The summed E-state index contributed by atoms with van der Waals surface area (Å²) in [6.45, 7) is 0.568. The molecule has 8 nitrogen and oxygen atoms in total. The molecule has 27 heavy (non-hydrogen) atoms. The lowest BCUT2D eigenvalue weighted by Gasteiger charge is -2.07. The summed E-state index contributed by atoms with van der Waals surface area (Å²) in [5, 5.41) is 8.60. The van der Waals surface area contributed by atoms with Gasteiger partial charge in [0.2, 0.25) is 0 Å². The van der Waals surface area contributed by atoms with E-state index in [0.29, 0.717) is 5.69 Å². The van der Waals surface area contributed by atoms with Crippen molar-refractivity contribution in [2.45, 2.75) is 6.54 Å². The number of para-hydroxylation sites is 1. The summed E-state index contributed by atoms with van der Waals surface area (Å²) in [5.41, 5.74) is 2.11. The second-order valence-electron chi connectivity index (χ2n) is 5.83. The molecule has 0 bridgehead atoms. The van der Waals surface area contributed by atoms with E-state index in [4.69, 9.17) is 0 Å². The van der Waals surface area contributed by atoms with Gasteiger partial charge >= 0.3 is 11.8 Å². The van der Waals surface area contributed by atoms with Crippen molar-refractivity contribution in [2.75, 3.05) is 13.1 Å². The predicted molar refractivity (Wildman–Crippen MR) is 99.7 cm³/mol. The number of aromatic amines is 1. The SMILES string of the molecule is O=C(NCCNC(=O)c1cc2ccccc2[nH]1)C(=O)NCc1cccnc1. The van der Waals surface area contributed by atoms with Crippen molar-refractivity contribution in [3.05, 3.63) is 66.1 Å². The Hall–Kier alpha value is -3.68. The minimum atomic E-state index is -0.751. The average Bonchev–Trinajstić information content (AvgIpc) is 3.14. The van der Waals surface area contributed by atoms with Gasteiger partial charge in [0.25, 0.3) is 5.91 Å². The van der Waals surface area contributed by atoms with E-state index in [2.05, 4.69) is 25.9 Å². The molecule has 3 aromatic rings. The van der Waals surface area contributed by atoms with Gasteiger partial charge in [-0.15, -0.1) is 0 Å². The third-order valence-electron chi connectivity index (χ3n) is 3.85. The topological polar surface area (TPSA) is 116 Å². The highest BCUT2D eigenvalue weighted by atomic mass is 16.2. The molecule has 0 aliphatic carbocycles. The van der Waals surface area contributed by atoms with Crippen LogP contribution in [0.2, 0.25) is 0 Å². The van der Waals surface area contributed by atoms with Crippen molar-refractivity contribution in [1.29, 1.82) is 0 Å². The fraction of sp³-hybridized carbons (Fsp3) is 0.158. The van der Waals surface area contributed by atoms with Crippen LogP contribution in [0.4, 0.5) is 0 Å². The van der Waals surface area contributed by atoms with E-state index in [1.54, 1.807) is 30.6 Å². The highest BCUT2D eigenvalue weighted by Crippen LogP contribution is 2.14. The van der Waals surface area contributed by atoms with E-state index in [1.165, 1.54) is 0 Å². The molecule has 3 rings (SSSR count). The van der Waals surface area contributed by atoms with Crippen LogP contribution in [0.25, 0.3) is 10.9 Å². The molecule has 0 radical (unpaired) electrons. The van der Waals surface area contributed by atoms with E-state index in [0.717, 1.165) is 16.5 Å². The van der Waals surface area contributed by atoms with Crippen molar-refractivity contribution in [3.63, 3.8) is 0 Å². The Bertz CT molecular complexity index is 919. The van der Waals surface area contributed by atoms with Crippen LogP contribution in [0.1, 0.15) is 16.1 Å². The van der Waals surface area contributed by atoms with E-state index < -0.39 is 11.8 Å². The summed E-state index contributed by atoms with van der Waals surface area (Å²) in [6.07, 6.45) is 3.24. The first-order chi connectivity index (χ1) is 13.1. The Balaban J connectivity index is 1.38. The summed E-state index contributed by atoms with van der Waals surface area (Å²) in [5.74, 6) is -1.76. The Morgan fingerprint density at radius 2 is 1.70 bits per heavy atom. The Morgan fingerprint density at radius 3 is 2.48 bits per heavy atom. The molecule has 2 aromatic heterocycles. The van der Waals surface area contributed by atoms with Crippen molar-refractivity contribution in [2.24, 2.45) is 0 Å². The molecule has 138 valence electrons. The third kappa shape index (κ3) is 4.91. The number of rotatable bonds is 6. The second kappa shape index (κ2) is 8.61. The molecule has 0 aliphatic rings. The van der Waals surface area contributed by atoms with Crippen LogP contribution in [0, 0.1) is 0 Å². The molecular formula is C19H19N5O3. The summed E-state index contributed by atoms with van der Waals surface area (Å²) in [4.78, 5) is 42.5. The molecule has 0 aliphatic heterocycles. The molecule has 0 fully saturated rings. The van der Waals surface area contributed by atoms with Crippen LogP contribution in [0.5, 0.6) is 0 Å². The zero-order chi connectivity index (χ0) is 19.1. The molecule has 0 atom stereocenters. The van der Waals surface area contributed by atoms with Gasteiger partial charge in [-0.05, 0) is 23.8 Å². The molecule has 0 saturated carbocycles. The fourth-order valence-electron chi connectivity index (χ4n) is 2.49. The summed E-state index contributed by atoms with van der Waals surface area (Å²) in [7, 11) is 0. The average molecular weight is 365 g/mol. The first-order valence-electron chi connectivity index (χ1n) is 8.44. The number of nitrogens with zero attached hydrogens (tertiary/aromatic N) is 1. The number of nitrogens with one attached hydrogen (secondary N) is 4. The van der Waals surface area contributed by atoms with Gasteiger partial charge in [0, 0.05) is 42.9 Å². The molecule has 4 N–H and O–H groups in total. The Morgan fingerprint density at radius 1 is 0.926 bits per heavy atom. The van der Waals surface area contributed by atoms with Crippen molar-refractivity contribution >= 4 is 28.6 Å². The Kier molecular flexibility index (Phi) is 5.78. The summed E-state index contributed by atoms with van der Waals surface area (Å²) in [6, 6.07) is 12.9. The number of aromatic nitrogens is 2. The van der Waals surface area contributed by atoms with Gasteiger partial charge in [0.15, 0.2) is 0 Å². The standard InChI is InChI=1S/C19H19N5O3/c25-17(16-10-14-5-1-2-6-15(14)24-16)21-8-9-22-18(26)19(27)23-12-13-4-3-7-20-11-13/h1-7,10-11,24H,8-9,12H2,(H,21,25)(H,22,26)(H,23,27). The number of fused-ring (bicyclic) bond motifs is 1. The normalized spacial score (nSPS) is 10.4. The maximum absolute atomic E-state index is 12.1. The predicted octanol–water partition coefficient (Wildman–Crippen LogP) is 0.725. The molecule has 3 amide bonds. The highest BCUT2D eigenvalue weighted by molar-refractivity contribution is 6.35. The lowest BCUT2D eigenvalue weighted by atomic mass is 10.2. The maximum Gasteiger partial charge on any atom is 0.309 e. The maximum atomic E-state index is 12.1. The number of carbonyl (C=O) groups is 3. The van der Waals surface area contributed by atoms with Gasteiger partial charge in [-0.3, -0.25) is 19.4 Å². The molecule has 1 aromatic carbocycles. The molecule has 0 spiro atoms. The molecule has 0 unspecified atom stereocenters. The first kappa shape index (κ1) is 18.1. The lowest BCUT2D eigenvalue weighted by molar-refractivity contribution is -0.139. The minimum Gasteiger partial charge on any atom is -0.351 e. The van der Waals surface area contributed by atoms with Crippen LogP contribution in [-0.2, 0) is 16.1 Å². The Labute approximate surface area is 155 Å². The van der Waals surface area contributed by atoms with Crippen LogP contribution >= 0.6 is 0 Å². The van der Waals surface area contributed by atoms with Gasteiger partial charge in [-0.2, -0.15) is 0 Å². The quantitative estimate of drug-likeness (QED) is 0.380. The molecule has 2 heterocycles. The number of carbonyl (C=O) groups excluding carboxylic acids is 3. The number of benzene rings is 1. The number of H-pyrrole nitrogens is 1. The highest BCUT2D eigenvalue weighted by Gasteiger charge is 2.13. The van der Waals surface area contributed by atoms with Gasteiger partial charge in [-0.25, -0.2) is 0 Å². The van der Waals surface area contributed by atoms with Crippen molar-refractivity contribution < 1.29 is 14.4 Å². The van der Waals surface area contributed by atoms with E-state index in [9.17, 15) is 14.4 Å². The number of pyridine rings is 1. The van der Waals surface area contributed by atoms with Crippen LogP contribution in [0.3, 0.4) is 0 Å². The fourth-order valence-corrected chi connectivity index (χ4v) is 2.49. The smallest absolute Gasteiger partial charge is 0.309 e. The van der Waals surface area contributed by atoms with Gasteiger partial charge in [0.05, 0.1) is 0 Å². The lowest BCUT2D eigenvalue weighted by Crippen LogP contribution is -2.42. The molecule has 0 saturated heterocycles. The second-order valence-corrected chi connectivity index (χ2v) is 5.83. The van der Waals surface area contributed by atoms with Crippen LogP contribution in [0.15, 0.2) is 54.9 Å². The van der Waals surface area contributed by atoms with Crippen LogP contribution in [-0.4, -0.2) is 40.8 Å². The van der Waals surface area contributed by atoms with Gasteiger partial charge in [0.1, 0.15) is 5.69 Å². The number of hydrogen-bond donors (Lipinski definition) is 4. The van der Waals surface area contributed by atoms with Gasteiger partial charge < -0.3 is 20.9 Å². The monoisotopic (exact) mass is 365 g/mol. The van der Waals surface area contributed by atoms with Crippen LogP contribution < -0.4 is 16.0 Å². The minimum absolute atomic E-state index is 0.144. The molecule has 8 heteroatoms. The first-order valence-corrected chi connectivity index (χ1v) is 8.44. The largest absolute Gasteiger partial charge is 0.351 e. The third-order valence-corrected chi connectivity index (χ3v) is 3.85. The zero-order valence-corrected chi connectivity index (χ0v) is 14.5. The molecular weight excluding hydrogens is 346 g/mol. The number of hydrogen-bond acceptors (Lipinski definition) is 4. The van der Waals surface area contributed by atoms with Crippen molar-refractivity contribution in [3.8, 4) is 0 Å². The van der Waals surface area contributed by atoms with Gasteiger partial charge in [-0.1, -0.05) is 24.3 Å². The zero-order valence-electron chi connectivity index (χ0n) is 14.5. The van der Waals surface area contributed by atoms with E-state index in [-0.39, 0.29) is 25.5 Å². The van der Waals surface area contributed by atoms with Crippen molar-refractivity contribution in [1.82, 2.24) is 25.9 Å². The number of amides is 3. The summed E-state index contributed by atoms with van der Waals surface area (Å²) >= 11 is 0.